The zero-order chi connectivity index (χ0) is 15.7. The minimum atomic E-state index is 0.349. The van der Waals surface area contributed by atoms with E-state index in [9.17, 15) is 0 Å². The van der Waals surface area contributed by atoms with E-state index in [2.05, 4.69) is 55.3 Å². The molecule has 2 heterocycles. The van der Waals surface area contributed by atoms with Crippen molar-refractivity contribution in [3.8, 4) is 0 Å². The molecule has 6 nitrogen and oxygen atoms in total. The Morgan fingerprint density at radius 1 is 1.23 bits per heavy atom. The van der Waals surface area contributed by atoms with Gasteiger partial charge in [0.15, 0.2) is 5.82 Å². The molecule has 0 fully saturated rings. The van der Waals surface area contributed by atoms with Crippen LogP contribution in [-0.4, -0.2) is 24.7 Å². The maximum Gasteiger partial charge on any atom is 0.152 e. The largest absolute Gasteiger partial charge is 0.362 e. The van der Waals surface area contributed by atoms with Gasteiger partial charge in [0.25, 0.3) is 0 Å². The first-order chi connectivity index (χ1) is 10.6. The van der Waals surface area contributed by atoms with Crippen LogP contribution in [0.25, 0.3) is 10.9 Å². The first kappa shape index (κ1) is 14.9. The topological polar surface area (TPSA) is 68.5 Å². The first-order valence-corrected chi connectivity index (χ1v) is 7.88. The number of hydrogen-bond acceptors (Lipinski definition) is 5. The van der Waals surface area contributed by atoms with Crippen molar-refractivity contribution >= 4 is 32.7 Å². The molecule has 2 aromatic heterocycles. The van der Waals surface area contributed by atoms with Gasteiger partial charge in [-0.25, -0.2) is 9.97 Å². The summed E-state index contributed by atoms with van der Waals surface area (Å²) in [5.74, 6) is 3.00. The van der Waals surface area contributed by atoms with Crippen molar-refractivity contribution in [2.45, 2.75) is 26.3 Å². The smallest absolute Gasteiger partial charge is 0.152 e. The van der Waals surface area contributed by atoms with Crippen LogP contribution in [0.3, 0.4) is 0 Å². The number of anilines is 1. The minimum absolute atomic E-state index is 0.349. The summed E-state index contributed by atoms with van der Waals surface area (Å²) in [7, 11) is 1.99. The molecule has 0 aliphatic heterocycles. The van der Waals surface area contributed by atoms with Gasteiger partial charge in [0, 0.05) is 22.8 Å². The molecular weight excluding hydrogens is 344 g/mol. The van der Waals surface area contributed by atoms with E-state index in [0.717, 1.165) is 32.8 Å². The third-order valence-corrected chi connectivity index (χ3v) is 4.02. The lowest BCUT2D eigenvalue weighted by Crippen LogP contribution is -2.09. The number of nitrogens with one attached hydrogen (secondary N) is 1. The van der Waals surface area contributed by atoms with Gasteiger partial charge < -0.3 is 9.88 Å². The van der Waals surface area contributed by atoms with Crippen LogP contribution in [0.4, 0.5) is 5.82 Å². The Kier molecular flexibility index (Phi) is 4.06. The maximum absolute atomic E-state index is 4.33. The van der Waals surface area contributed by atoms with E-state index in [1.807, 2.05) is 29.8 Å². The molecule has 0 amide bonds. The van der Waals surface area contributed by atoms with Crippen molar-refractivity contribution in [1.82, 2.24) is 24.7 Å². The van der Waals surface area contributed by atoms with Gasteiger partial charge in [-0.05, 0) is 18.2 Å². The molecule has 22 heavy (non-hydrogen) atoms. The molecule has 0 aliphatic carbocycles. The predicted molar refractivity (Wildman–Crippen MR) is 89.7 cm³/mol. The first-order valence-electron chi connectivity index (χ1n) is 7.08. The number of fused-ring (bicyclic) bond motifs is 1. The number of hydrogen-bond donors (Lipinski definition) is 1. The standard InChI is InChI=1S/C15H17BrN6/c1-9(2)15-21-20-13(22(15)3)7-17-14-11-6-10(16)4-5-12(11)18-8-19-14/h4-6,8-9H,7H2,1-3H3,(H,17,18,19). The Bertz CT molecular complexity index is 811. The van der Waals surface area contributed by atoms with Crippen LogP contribution >= 0.6 is 15.9 Å². The summed E-state index contributed by atoms with van der Waals surface area (Å²) in [5, 5.41) is 12.8. The molecule has 3 aromatic rings. The Morgan fingerprint density at radius 2 is 2.05 bits per heavy atom. The van der Waals surface area contributed by atoms with Crippen molar-refractivity contribution < 1.29 is 0 Å². The van der Waals surface area contributed by atoms with Crippen molar-refractivity contribution in [1.29, 1.82) is 0 Å². The lowest BCUT2D eigenvalue weighted by molar-refractivity contribution is 0.692. The molecule has 0 unspecified atom stereocenters. The SMILES string of the molecule is CC(C)c1nnc(CNc2ncnc3ccc(Br)cc23)n1C. The zero-order valence-electron chi connectivity index (χ0n) is 12.7. The molecule has 1 N–H and O–H groups in total. The van der Waals surface area contributed by atoms with Gasteiger partial charge in [-0.1, -0.05) is 29.8 Å². The van der Waals surface area contributed by atoms with E-state index in [1.165, 1.54) is 0 Å². The van der Waals surface area contributed by atoms with Gasteiger partial charge >= 0.3 is 0 Å². The fourth-order valence-electron chi connectivity index (χ4n) is 2.36. The molecule has 0 saturated carbocycles. The van der Waals surface area contributed by atoms with Crippen LogP contribution in [0.1, 0.15) is 31.4 Å². The van der Waals surface area contributed by atoms with Crippen molar-refractivity contribution in [3.05, 3.63) is 40.6 Å². The minimum Gasteiger partial charge on any atom is -0.362 e. The Hall–Kier alpha value is -2.02. The van der Waals surface area contributed by atoms with Crippen LogP contribution in [0.5, 0.6) is 0 Å². The van der Waals surface area contributed by atoms with E-state index in [-0.39, 0.29) is 0 Å². The fraction of sp³-hybridized carbons (Fsp3) is 0.333. The second-order valence-electron chi connectivity index (χ2n) is 5.43. The van der Waals surface area contributed by atoms with Gasteiger partial charge in [0.2, 0.25) is 0 Å². The van der Waals surface area contributed by atoms with Gasteiger partial charge in [-0.3, -0.25) is 0 Å². The molecule has 114 valence electrons. The summed E-state index contributed by atoms with van der Waals surface area (Å²) in [5.41, 5.74) is 0.904. The summed E-state index contributed by atoms with van der Waals surface area (Å²) in [6, 6.07) is 5.94. The summed E-state index contributed by atoms with van der Waals surface area (Å²) >= 11 is 3.48. The second kappa shape index (κ2) is 6.00. The fourth-order valence-corrected chi connectivity index (χ4v) is 2.73. The second-order valence-corrected chi connectivity index (χ2v) is 6.34. The lowest BCUT2D eigenvalue weighted by Gasteiger charge is -2.09. The number of nitrogens with zero attached hydrogens (tertiary/aromatic N) is 5. The number of rotatable bonds is 4. The van der Waals surface area contributed by atoms with Crippen LogP contribution in [0, 0.1) is 0 Å². The molecule has 0 spiro atoms. The molecule has 3 rings (SSSR count). The molecular formula is C15H17BrN6. The third kappa shape index (κ3) is 2.81. The third-order valence-electron chi connectivity index (χ3n) is 3.53. The lowest BCUT2D eigenvalue weighted by atomic mass is 10.2. The highest BCUT2D eigenvalue weighted by Gasteiger charge is 2.12. The maximum atomic E-state index is 4.33. The summed E-state index contributed by atoms with van der Waals surface area (Å²) in [6.45, 7) is 4.78. The van der Waals surface area contributed by atoms with E-state index in [4.69, 9.17) is 0 Å². The van der Waals surface area contributed by atoms with Crippen LogP contribution in [0.2, 0.25) is 0 Å². The average Bonchev–Trinajstić information content (AvgIpc) is 2.86. The number of halogens is 1. The molecule has 0 radical (unpaired) electrons. The predicted octanol–water partition coefficient (Wildman–Crippen LogP) is 3.26. The Balaban J connectivity index is 1.87. The molecule has 0 aliphatic rings. The molecule has 0 atom stereocenters. The highest BCUT2D eigenvalue weighted by atomic mass is 79.9. The van der Waals surface area contributed by atoms with Crippen molar-refractivity contribution in [2.75, 3.05) is 5.32 Å². The Morgan fingerprint density at radius 3 is 2.77 bits per heavy atom. The van der Waals surface area contributed by atoms with E-state index >= 15 is 0 Å². The molecule has 0 bridgehead atoms. The van der Waals surface area contributed by atoms with Crippen LogP contribution in [0.15, 0.2) is 29.0 Å². The summed E-state index contributed by atoms with van der Waals surface area (Å²) in [6.07, 6.45) is 1.56. The molecule has 0 saturated heterocycles. The molecule has 1 aromatic carbocycles. The Labute approximate surface area is 137 Å². The van der Waals surface area contributed by atoms with Crippen LogP contribution < -0.4 is 5.32 Å². The number of benzene rings is 1. The highest BCUT2D eigenvalue weighted by molar-refractivity contribution is 9.10. The summed E-state index contributed by atoms with van der Waals surface area (Å²) < 4.78 is 3.02. The number of aromatic nitrogens is 5. The van der Waals surface area contributed by atoms with Crippen molar-refractivity contribution in [3.63, 3.8) is 0 Å². The van der Waals surface area contributed by atoms with Crippen LogP contribution in [-0.2, 0) is 13.6 Å². The summed E-state index contributed by atoms with van der Waals surface area (Å²) in [4.78, 5) is 8.61. The zero-order valence-corrected chi connectivity index (χ0v) is 14.3. The van der Waals surface area contributed by atoms with Gasteiger partial charge in [-0.15, -0.1) is 10.2 Å². The highest BCUT2D eigenvalue weighted by Crippen LogP contribution is 2.23. The molecule has 7 heteroatoms. The normalized spacial score (nSPS) is 11.3. The van der Waals surface area contributed by atoms with Crippen molar-refractivity contribution in [2.24, 2.45) is 7.05 Å². The van der Waals surface area contributed by atoms with Gasteiger partial charge in [-0.2, -0.15) is 0 Å². The quantitative estimate of drug-likeness (QED) is 0.773. The van der Waals surface area contributed by atoms with Gasteiger partial charge in [0.05, 0.1) is 12.1 Å². The van der Waals surface area contributed by atoms with E-state index in [1.54, 1.807) is 6.33 Å². The van der Waals surface area contributed by atoms with Gasteiger partial charge in [0.1, 0.15) is 18.0 Å². The van der Waals surface area contributed by atoms with E-state index in [0.29, 0.717) is 12.5 Å². The average molecular weight is 361 g/mol. The monoisotopic (exact) mass is 360 g/mol. The van der Waals surface area contributed by atoms with E-state index < -0.39 is 0 Å².